The summed E-state index contributed by atoms with van der Waals surface area (Å²) in [6.45, 7) is -0.532. The lowest BCUT2D eigenvalue weighted by Gasteiger charge is -2.37. The number of carbonyl (C=O) groups is 3. The van der Waals surface area contributed by atoms with Gasteiger partial charge in [0.25, 0.3) is 10.1 Å². The van der Waals surface area contributed by atoms with Gasteiger partial charge in [0.1, 0.15) is 12.6 Å². The van der Waals surface area contributed by atoms with Crippen molar-refractivity contribution in [1.82, 2.24) is 10.2 Å². The van der Waals surface area contributed by atoms with Gasteiger partial charge in [-0.05, 0) is 5.56 Å². The average Bonchev–Trinajstić information content (AvgIpc) is 2.45. The van der Waals surface area contributed by atoms with E-state index in [9.17, 15) is 27.4 Å². The van der Waals surface area contributed by atoms with Crippen LogP contribution in [0.5, 0.6) is 0 Å². The first-order valence-electron chi connectivity index (χ1n) is 6.52. The van der Waals surface area contributed by atoms with Crippen molar-refractivity contribution >= 4 is 27.9 Å². The number of hydrogen-bond donors (Lipinski definition) is 3. The Labute approximate surface area is 131 Å². The van der Waals surface area contributed by atoms with Crippen molar-refractivity contribution < 1.29 is 32.5 Å². The summed E-state index contributed by atoms with van der Waals surface area (Å²) in [5.74, 6) is -2.86. The third-order valence-corrected chi connectivity index (χ3v) is 4.38. The zero-order valence-electron chi connectivity index (χ0n) is 11.7. The van der Waals surface area contributed by atoms with Crippen LogP contribution in [0.15, 0.2) is 30.3 Å². The van der Waals surface area contributed by atoms with E-state index in [2.05, 4.69) is 5.32 Å². The van der Waals surface area contributed by atoms with Crippen molar-refractivity contribution in [3.63, 3.8) is 0 Å². The van der Waals surface area contributed by atoms with Gasteiger partial charge >= 0.3 is 5.97 Å². The second kappa shape index (κ2) is 6.34. The zero-order valence-corrected chi connectivity index (χ0v) is 12.6. The summed E-state index contributed by atoms with van der Waals surface area (Å²) in [5, 5.41) is 8.94. The van der Waals surface area contributed by atoms with Gasteiger partial charge in [0.15, 0.2) is 5.25 Å². The van der Waals surface area contributed by atoms with Gasteiger partial charge in [-0.1, -0.05) is 30.3 Å². The summed E-state index contributed by atoms with van der Waals surface area (Å²) in [5.41, 5.74) is 0.0571. The van der Waals surface area contributed by atoms with Crippen LogP contribution in [0.3, 0.4) is 0 Å². The Morgan fingerprint density at radius 2 is 1.91 bits per heavy atom. The van der Waals surface area contributed by atoms with Gasteiger partial charge in [0.2, 0.25) is 11.8 Å². The smallest absolute Gasteiger partial charge is 0.323 e. The van der Waals surface area contributed by atoms with Crippen LogP contribution in [0, 0.1) is 0 Å². The van der Waals surface area contributed by atoms with Gasteiger partial charge in [-0.15, -0.1) is 0 Å². The molecule has 9 nitrogen and oxygen atoms in total. The van der Waals surface area contributed by atoms with Gasteiger partial charge < -0.3 is 15.3 Å². The molecule has 3 N–H and O–H groups in total. The molecule has 124 valence electrons. The number of carboxylic acid groups (broad SMARTS) is 1. The standard InChI is InChI=1S/C13H14N2O7S/c16-10(17)7-15-6-9(13(15)19)14-12(18)11(23(20,21)22)8-4-2-1-3-5-8/h1-5,9,11H,6-7H2,(H,14,18)(H,16,17)(H,20,21,22). The van der Waals surface area contributed by atoms with Gasteiger partial charge in [-0.3, -0.25) is 18.9 Å². The predicted molar refractivity (Wildman–Crippen MR) is 76.9 cm³/mol. The van der Waals surface area contributed by atoms with Crippen LogP contribution < -0.4 is 5.32 Å². The summed E-state index contributed by atoms with van der Waals surface area (Å²) >= 11 is 0. The van der Waals surface area contributed by atoms with Crippen molar-refractivity contribution in [1.29, 1.82) is 0 Å². The number of rotatable bonds is 6. The second-order valence-corrected chi connectivity index (χ2v) is 6.48. The van der Waals surface area contributed by atoms with E-state index in [4.69, 9.17) is 5.11 Å². The maximum absolute atomic E-state index is 12.1. The molecule has 1 aromatic carbocycles. The monoisotopic (exact) mass is 342 g/mol. The first kappa shape index (κ1) is 16.9. The Hall–Kier alpha value is -2.46. The lowest BCUT2D eigenvalue weighted by Crippen LogP contribution is -2.65. The van der Waals surface area contributed by atoms with Crippen molar-refractivity contribution in [2.45, 2.75) is 11.3 Å². The Morgan fingerprint density at radius 1 is 1.30 bits per heavy atom. The highest BCUT2D eigenvalue weighted by Crippen LogP contribution is 2.22. The Kier molecular flexibility index (Phi) is 4.66. The first-order valence-corrected chi connectivity index (χ1v) is 8.02. The highest BCUT2D eigenvalue weighted by Gasteiger charge is 2.42. The molecule has 1 heterocycles. The number of amides is 2. The molecule has 2 unspecified atom stereocenters. The molecular weight excluding hydrogens is 328 g/mol. The van der Waals surface area contributed by atoms with Crippen molar-refractivity contribution in [2.24, 2.45) is 0 Å². The molecule has 0 spiro atoms. The van der Waals surface area contributed by atoms with E-state index < -0.39 is 45.7 Å². The molecule has 0 saturated carbocycles. The molecule has 10 heteroatoms. The predicted octanol–water partition coefficient (Wildman–Crippen LogP) is -0.973. The van der Waals surface area contributed by atoms with Gasteiger partial charge in [-0.25, -0.2) is 0 Å². The minimum absolute atomic E-state index is 0.0378. The molecule has 0 radical (unpaired) electrons. The summed E-state index contributed by atoms with van der Waals surface area (Å²) in [6.07, 6.45) is 0. The molecule has 2 amide bonds. The van der Waals surface area contributed by atoms with Gasteiger partial charge in [-0.2, -0.15) is 8.42 Å². The van der Waals surface area contributed by atoms with E-state index in [-0.39, 0.29) is 12.1 Å². The van der Waals surface area contributed by atoms with Crippen LogP contribution in [0.1, 0.15) is 10.8 Å². The molecule has 1 aliphatic rings. The number of nitrogens with one attached hydrogen (secondary N) is 1. The van der Waals surface area contributed by atoms with E-state index in [1.165, 1.54) is 24.3 Å². The molecule has 1 saturated heterocycles. The molecule has 23 heavy (non-hydrogen) atoms. The Bertz CT molecular complexity index is 732. The lowest BCUT2D eigenvalue weighted by molar-refractivity contribution is -0.153. The van der Waals surface area contributed by atoms with Crippen molar-refractivity contribution in [3.05, 3.63) is 35.9 Å². The molecular formula is C13H14N2O7S. The molecule has 0 bridgehead atoms. The maximum Gasteiger partial charge on any atom is 0.323 e. The fourth-order valence-electron chi connectivity index (χ4n) is 2.24. The van der Waals surface area contributed by atoms with Crippen molar-refractivity contribution in [3.8, 4) is 0 Å². The largest absolute Gasteiger partial charge is 0.480 e. The first-order chi connectivity index (χ1) is 10.7. The minimum atomic E-state index is -4.73. The highest BCUT2D eigenvalue weighted by atomic mass is 32.2. The minimum Gasteiger partial charge on any atom is -0.480 e. The number of carboxylic acids is 1. The molecule has 1 aromatic rings. The number of aliphatic carboxylic acids is 1. The van der Waals surface area contributed by atoms with E-state index in [1.54, 1.807) is 6.07 Å². The summed E-state index contributed by atoms with van der Waals surface area (Å²) in [6, 6.07) is 6.33. The maximum atomic E-state index is 12.1. The third kappa shape index (κ3) is 3.85. The van der Waals surface area contributed by atoms with E-state index >= 15 is 0 Å². The van der Waals surface area contributed by atoms with Crippen LogP contribution in [-0.4, -0.2) is 59.9 Å². The summed E-state index contributed by atoms with van der Waals surface area (Å²) in [7, 11) is -4.73. The lowest BCUT2D eigenvalue weighted by atomic mass is 10.1. The number of β-lactam (4-membered cyclic amide) rings is 1. The fourth-order valence-corrected chi connectivity index (χ4v) is 3.08. The van der Waals surface area contributed by atoms with Crippen LogP contribution in [0.4, 0.5) is 0 Å². The SMILES string of the molecule is O=C(O)CN1CC(NC(=O)C(c2ccccc2)S(=O)(=O)O)C1=O. The zero-order chi connectivity index (χ0) is 17.2. The van der Waals surface area contributed by atoms with Gasteiger partial charge in [0.05, 0.1) is 6.54 Å². The van der Waals surface area contributed by atoms with Crippen molar-refractivity contribution in [2.75, 3.05) is 13.1 Å². The fraction of sp³-hybridized carbons (Fsp3) is 0.308. The third-order valence-electron chi connectivity index (χ3n) is 3.29. The van der Waals surface area contributed by atoms with Crippen LogP contribution in [0.25, 0.3) is 0 Å². The Morgan fingerprint density at radius 3 is 2.39 bits per heavy atom. The quantitative estimate of drug-likeness (QED) is 0.446. The molecule has 2 rings (SSSR count). The number of hydrogen-bond acceptors (Lipinski definition) is 5. The average molecular weight is 342 g/mol. The van der Waals surface area contributed by atoms with E-state index in [0.29, 0.717) is 0 Å². The normalized spacial score (nSPS) is 18.9. The van der Waals surface area contributed by atoms with E-state index in [0.717, 1.165) is 4.90 Å². The van der Waals surface area contributed by atoms with Crippen LogP contribution >= 0.6 is 0 Å². The summed E-state index contributed by atoms with van der Waals surface area (Å²) in [4.78, 5) is 35.3. The molecule has 2 atom stereocenters. The molecule has 1 aliphatic heterocycles. The molecule has 1 fully saturated rings. The number of carbonyl (C=O) groups excluding carboxylic acids is 2. The summed E-state index contributed by atoms with van der Waals surface area (Å²) < 4.78 is 32.2. The number of benzene rings is 1. The highest BCUT2D eigenvalue weighted by molar-refractivity contribution is 7.86. The second-order valence-electron chi connectivity index (χ2n) is 4.98. The number of likely N-dealkylation sites (tertiary alicyclic amines) is 1. The van der Waals surface area contributed by atoms with Crippen LogP contribution in [-0.2, 0) is 24.5 Å². The van der Waals surface area contributed by atoms with Crippen LogP contribution in [0.2, 0.25) is 0 Å². The number of nitrogens with zero attached hydrogens (tertiary/aromatic N) is 1. The topological polar surface area (TPSA) is 141 Å². The van der Waals surface area contributed by atoms with Gasteiger partial charge in [0, 0.05) is 0 Å². The molecule has 0 aliphatic carbocycles. The molecule has 0 aromatic heterocycles. The van der Waals surface area contributed by atoms with E-state index in [1.807, 2.05) is 0 Å². The Balaban J connectivity index is 2.09.